The van der Waals surface area contributed by atoms with Crippen LogP contribution in [0.3, 0.4) is 0 Å². The lowest BCUT2D eigenvalue weighted by molar-refractivity contribution is 0.103. The Labute approximate surface area is 600 Å². The normalized spacial score (nSPS) is 18.0. The fourth-order valence-corrected chi connectivity index (χ4v) is 19.9. The predicted molar refractivity (Wildman–Crippen MR) is 404 cm³/mol. The molecule has 0 fully saturated rings. The fraction of sp³-hybridized carbons (Fsp3) is 0.256. The number of ketones is 2. The number of ether oxygens (including phenoxy) is 4. The molecule has 10 nitrogen and oxygen atoms in total. The zero-order valence-corrected chi connectivity index (χ0v) is 60.3. The first-order chi connectivity index (χ1) is 48.7. The molecule has 6 atom stereocenters. The minimum atomic E-state index is -1.01. The minimum absolute atomic E-state index is 0.127. The molecule has 0 spiro atoms. The second-order valence-corrected chi connectivity index (χ2v) is 31.0. The molecular weight excluding hydrogens is 1310 g/mol. The molecule has 4 aliphatic rings. The van der Waals surface area contributed by atoms with Crippen molar-refractivity contribution in [3.05, 3.63) is 257 Å². The van der Waals surface area contributed by atoms with Crippen LogP contribution in [0, 0.1) is 69.0 Å². The Hall–Kier alpha value is -10.2. The number of rotatable bonds is 22. The molecule has 14 rings (SSSR count). The SMILES string of the molecule is CC[C@@H](C)COc1ccc(C2(c3ccc(OC[C@@H](C)CC)cc3)c3cc(/C=C4\C(=O)c5ccccc5C4=C(C#N)C#N)sc3-c3sc4c5c(sc4c32)-c2sc(/C=C3\C(=O)c4ccccc4C3=C(C#N)C#N)cc2C5(c2ccc(OC[C@H](C)CC)cc2)c2ccc(OC[C@@H](C)CC)cc2)cc1. The third kappa shape index (κ3) is 11.1. The van der Waals surface area contributed by atoms with Gasteiger partial charge >= 0.3 is 0 Å². The number of nitriles is 4. The molecule has 2 unspecified atom stereocenters. The highest BCUT2D eigenvalue weighted by Gasteiger charge is 2.55. The van der Waals surface area contributed by atoms with E-state index in [0.29, 0.717) is 94.6 Å². The number of allylic oxidation sites excluding steroid dienone is 6. The van der Waals surface area contributed by atoms with Crippen molar-refractivity contribution in [1.82, 2.24) is 0 Å². The number of thiophene rings is 4. The van der Waals surface area contributed by atoms with Gasteiger partial charge in [0.15, 0.2) is 11.6 Å². The summed E-state index contributed by atoms with van der Waals surface area (Å²) in [6, 6.07) is 61.6. The van der Waals surface area contributed by atoms with Crippen LogP contribution in [0.5, 0.6) is 23.0 Å². The van der Waals surface area contributed by atoms with Crippen molar-refractivity contribution in [2.45, 2.75) is 91.9 Å². The fourth-order valence-electron chi connectivity index (χ4n) is 14.2. The first-order valence-electron chi connectivity index (χ1n) is 34.3. The van der Waals surface area contributed by atoms with Crippen molar-refractivity contribution in [3.63, 3.8) is 0 Å². The molecule has 4 heterocycles. The molecule has 0 amide bonds. The Bertz CT molecular complexity index is 4760. The lowest BCUT2D eigenvalue weighted by atomic mass is 9.67. The number of carbonyl (C=O) groups is 2. The summed E-state index contributed by atoms with van der Waals surface area (Å²) in [4.78, 5) is 35.3. The summed E-state index contributed by atoms with van der Waals surface area (Å²) in [5.41, 5.74) is 9.28. The van der Waals surface area contributed by atoms with E-state index in [0.717, 1.165) is 132 Å². The van der Waals surface area contributed by atoms with Gasteiger partial charge < -0.3 is 18.9 Å². The summed E-state index contributed by atoms with van der Waals surface area (Å²) in [6.07, 6.45) is 7.67. The average molecular weight is 1390 g/mol. The number of benzene rings is 6. The minimum Gasteiger partial charge on any atom is -0.493 e. The lowest BCUT2D eigenvalue weighted by Gasteiger charge is -2.34. The molecule has 6 aromatic carbocycles. The Morgan fingerprint density at radius 1 is 0.400 bits per heavy atom. The summed E-state index contributed by atoms with van der Waals surface area (Å²) in [5, 5.41) is 41.9. The molecule has 0 bridgehead atoms. The monoisotopic (exact) mass is 1380 g/mol. The van der Waals surface area contributed by atoms with Crippen LogP contribution in [0.15, 0.2) is 180 Å². The second kappa shape index (κ2) is 27.5. The molecule has 0 N–H and O–H groups in total. The molecule has 0 saturated carbocycles. The molecule has 0 aliphatic heterocycles. The van der Waals surface area contributed by atoms with Gasteiger partial charge in [0.2, 0.25) is 0 Å². The number of hydrogen-bond donors (Lipinski definition) is 0. The Kier molecular flexibility index (Phi) is 18.4. The molecule has 496 valence electrons. The van der Waals surface area contributed by atoms with Crippen molar-refractivity contribution in [2.24, 2.45) is 23.7 Å². The van der Waals surface area contributed by atoms with Gasteiger partial charge in [-0.15, -0.1) is 45.3 Å². The Morgan fingerprint density at radius 2 is 0.680 bits per heavy atom. The van der Waals surface area contributed by atoms with Gasteiger partial charge in [0.05, 0.1) is 66.2 Å². The first kappa shape index (κ1) is 67.0. The highest BCUT2D eigenvalue weighted by Crippen LogP contribution is 2.70. The van der Waals surface area contributed by atoms with Gasteiger partial charge in [-0.05, 0) is 141 Å². The van der Waals surface area contributed by atoms with Crippen LogP contribution < -0.4 is 18.9 Å². The first-order valence-corrected chi connectivity index (χ1v) is 37.6. The van der Waals surface area contributed by atoms with E-state index in [4.69, 9.17) is 18.9 Å². The number of nitrogens with zero attached hydrogens (tertiary/aromatic N) is 4. The van der Waals surface area contributed by atoms with Crippen LogP contribution in [-0.4, -0.2) is 38.0 Å². The number of carbonyl (C=O) groups excluding carboxylic acids is 2. The summed E-state index contributed by atoms with van der Waals surface area (Å²) < 4.78 is 28.3. The third-order valence-electron chi connectivity index (χ3n) is 20.5. The zero-order valence-electron chi connectivity index (χ0n) is 57.0. The van der Waals surface area contributed by atoms with Crippen LogP contribution in [-0.2, 0) is 10.8 Å². The maximum Gasteiger partial charge on any atom is 0.194 e. The topological polar surface area (TPSA) is 166 Å². The highest BCUT2D eigenvalue weighted by molar-refractivity contribution is 7.34. The maximum atomic E-state index is 14.8. The van der Waals surface area contributed by atoms with E-state index < -0.39 is 10.8 Å². The van der Waals surface area contributed by atoms with E-state index in [1.54, 1.807) is 57.5 Å². The van der Waals surface area contributed by atoms with Crippen molar-refractivity contribution >= 4 is 89.6 Å². The third-order valence-corrected chi connectivity index (χ3v) is 25.5. The van der Waals surface area contributed by atoms with Crippen molar-refractivity contribution in [1.29, 1.82) is 21.0 Å². The van der Waals surface area contributed by atoms with Gasteiger partial charge in [-0.3, -0.25) is 9.59 Å². The zero-order chi connectivity index (χ0) is 69.7. The smallest absolute Gasteiger partial charge is 0.194 e. The molecule has 0 saturated heterocycles. The second-order valence-electron chi connectivity index (χ2n) is 26.8. The molecule has 10 aromatic rings. The molecular formula is C86H72N4O6S4. The van der Waals surface area contributed by atoms with Gasteiger partial charge in [0.1, 0.15) is 58.4 Å². The summed E-state index contributed by atoms with van der Waals surface area (Å²) in [7, 11) is 0. The number of Topliss-reactive ketones (excluding diaryl/α,β-unsaturated/α-hetero) is 2. The highest BCUT2D eigenvalue weighted by atomic mass is 32.1. The molecule has 100 heavy (non-hydrogen) atoms. The quantitative estimate of drug-likeness (QED) is 0.0471. The van der Waals surface area contributed by atoms with E-state index in [1.807, 2.05) is 48.6 Å². The largest absolute Gasteiger partial charge is 0.493 e. The summed E-state index contributed by atoms with van der Waals surface area (Å²) in [6.45, 7) is 19.7. The summed E-state index contributed by atoms with van der Waals surface area (Å²) >= 11 is 6.76. The van der Waals surface area contributed by atoms with Gasteiger partial charge in [-0.1, -0.05) is 178 Å². The maximum absolute atomic E-state index is 14.8. The standard InChI is InChI=1S/C86H72N4O6S4/c1-9-49(5)45-93-59-29-21-55(22-30-59)85(56-23-31-60(32-24-56)94-46-50(6)10-2)71-39-63(37-69-73(53(41-87)42-88)65-17-13-15-19-67(65)77(69)91)97-79(71)81-75(85)83-84(99-81)76-82(100-83)80-72(40-64(98-80)38-70-74(54(43-89)44-90)66-18-14-16-20-68(66)78(70)92)86(76,57-25-33-61(34-26-57)95-47-51(7)11-3)58-27-35-62(36-28-58)96-48-52(8)12-4/h13-40,49-52H,9-12,45-48H2,1-8H3/b69-37-,70-38-/t49-,50+,51-,52+,85?,86?. The van der Waals surface area contributed by atoms with Gasteiger partial charge in [-0.25, -0.2) is 0 Å². The predicted octanol–water partition coefficient (Wildman–Crippen LogP) is 21.7. The van der Waals surface area contributed by atoms with E-state index in [1.165, 1.54) is 0 Å². The van der Waals surface area contributed by atoms with Crippen LogP contribution in [0.2, 0.25) is 0 Å². The summed E-state index contributed by atoms with van der Waals surface area (Å²) in [5.74, 6) is 3.92. The van der Waals surface area contributed by atoms with E-state index >= 15 is 0 Å². The average Bonchev–Trinajstić information content (AvgIpc) is 1.49. The molecule has 14 heteroatoms. The van der Waals surface area contributed by atoms with Crippen LogP contribution in [0.4, 0.5) is 0 Å². The van der Waals surface area contributed by atoms with Crippen molar-refractivity contribution < 1.29 is 28.5 Å². The van der Waals surface area contributed by atoms with Crippen LogP contribution in [0.1, 0.15) is 167 Å². The number of fused-ring (bicyclic) bond motifs is 11. The number of hydrogen-bond acceptors (Lipinski definition) is 14. The molecule has 0 radical (unpaired) electrons. The van der Waals surface area contributed by atoms with Crippen molar-refractivity contribution in [2.75, 3.05) is 26.4 Å². The Morgan fingerprint density at radius 3 is 0.950 bits per heavy atom. The molecule has 4 aromatic heterocycles. The van der Waals surface area contributed by atoms with Crippen LogP contribution >= 0.6 is 45.3 Å². The van der Waals surface area contributed by atoms with Gasteiger partial charge in [-0.2, -0.15) is 21.0 Å². The van der Waals surface area contributed by atoms with Crippen LogP contribution in [0.25, 0.3) is 52.2 Å². The van der Waals surface area contributed by atoms with Gasteiger partial charge in [0.25, 0.3) is 0 Å². The van der Waals surface area contributed by atoms with Crippen molar-refractivity contribution in [3.8, 4) is 66.8 Å². The van der Waals surface area contributed by atoms with E-state index in [-0.39, 0.29) is 22.7 Å². The lowest BCUT2D eigenvalue weighted by Crippen LogP contribution is -2.29. The van der Waals surface area contributed by atoms with E-state index in [2.05, 4.69) is 189 Å². The van der Waals surface area contributed by atoms with Gasteiger partial charge in [0, 0.05) is 54.3 Å². The molecule has 4 aliphatic carbocycles. The Balaban J connectivity index is 1.07. The van der Waals surface area contributed by atoms with E-state index in [9.17, 15) is 30.6 Å².